The fourth-order valence-corrected chi connectivity index (χ4v) is 3.27. The van der Waals surface area contributed by atoms with Gasteiger partial charge in [-0.05, 0) is 42.9 Å². The van der Waals surface area contributed by atoms with Crippen LogP contribution in [0.3, 0.4) is 0 Å². The zero-order valence-corrected chi connectivity index (χ0v) is 9.68. The Hall–Kier alpha value is -0.180. The van der Waals surface area contributed by atoms with Gasteiger partial charge in [-0.2, -0.15) is 8.78 Å². The first-order valence-corrected chi connectivity index (χ1v) is 6.05. The van der Waals surface area contributed by atoms with Gasteiger partial charge in [0.25, 0.3) is 6.55 Å². The Labute approximate surface area is 90.8 Å². The quantitative estimate of drug-likeness (QED) is 0.641. The number of rotatable bonds is 2. The van der Waals surface area contributed by atoms with Crippen molar-refractivity contribution in [2.45, 2.75) is 46.1 Å². The Morgan fingerprint density at radius 1 is 1.27 bits per heavy atom. The second-order valence-electron chi connectivity index (χ2n) is 5.76. The molecule has 0 aromatic rings. The van der Waals surface area contributed by atoms with Crippen molar-refractivity contribution in [1.82, 2.24) is 4.90 Å². The van der Waals surface area contributed by atoms with Crippen LogP contribution in [0.5, 0.6) is 0 Å². The molecular weight excluding hydrogens is 196 g/mol. The van der Waals surface area contributed by atoms with Crippen LogP contribution in [-0.4, -0.2) is 24.5 Å². The van der Waals surface area contributed by atoms with Crippen molar-refractivity contribution in [2.24, 2.45) is 17.3 Å². The highest BCUT2D eigenvalue weighted by molar-refractivity contribution is 4.98. The third-order valence-electron chi connectivity index (χ3n) is 4.30. The van der Waals surface area contributed by atoms with Crippen LogP contribution in [0, 0.1) is 17.3 Å². The van der Waals surface area contributed by atoms with Gasteiger partial charge in [-0.1, -0.05) is 13.8 Å². The van der Waals surface area contributed by atoms with E-state index >= 15 is 0 Å². The maximum Gasteiger partial charge on any atom is 0.294 e. The van der Waals surface area contributed by atoms with Crippen LogP contribution >= 0.6 is 0 Å². The van der Waals surface area contributed by atoms with E-state index in [1.54, 1.807) is 0 Å². The van der Waals surface area contributed by atoms with E-state index < -0.39 is 6.55 Å². The van der Waals surface area contributed by atoms with Crippen LogP contribution in [0.2, 0.25) is 0 Å². The Kier molecular flexibility index (Phi) is 3.02. The first-order chi connectivity index (χ1) is 7.02. The van der Waals surface area contributed by atoms with Crippen LogP contribution in [0.1, 0.15) is 39.5 Å². The van der Waals surface area contributed by atoms with Gasteiger partial charge in [0.05, 0.1) is 0 Å². The molecule has 2 aliphatic rings. The second-order valence-corrected chi connectivity index (χ2v) is 5.76. The Balaban J connectivity index is 1.89. The average molecular weight is 217 g/mol. The number of alkyl halides is 2. The molecule has 0 amide bonds. The molecule has 1 heterocycles. The molecule has 1 aliphatic heterocycles. The van der Waals surface area contributed by atoms with E-state index in [2.05, 4.69) is 13.8 Å². The van der Waals surface area contributed by atoms with E-state index in [9.17, 15) is 8.78 Å². The van der Waals surface area contributed by atoms with Gasteiger partial charge in [0, 0.05) is 13.1 Å². The molecule has 0 bridgehead atoms. The van der Waals surface area contributed by atoms with Crippen molar-refractivity contribution in [1.29, 1.82) is 0 Å². The van der Waals surface area contributed by atoms with Gasteiger partial charge >= 0.3 is 0 Å². The Bertz CT molecular complexity index is 222. The molecule has 3 heteroatoms. The van der Waals surface area contributed by atoms with Crippen molar-refractivity contribution in [2.75, 3.05) is 13.1 Å². The van der Waals surface area contributed by atoms with Crippen molar-refractivity contribution >= 4 is 0 Å². The molecule has 0 aromatic heterocycles. The fourth-order valence-electron chi connectivity index (χ4n) is 3.27. The molecule has 1 nitrogen and oxygen atoms in total. The van der Waals surface area contributed by atoms with Gasteiger partial charge < -0.3 is 0 Å². The lowest BCUT2D eigenvalue weighted by Crippen LogP contribution is -2.52. The Morgan fingerprint density at radius 2 is 1.93 bits per heavy atom. The lowest BCUT2D eigenvalue weighted by Gasteiger charge is -2.54. The molecule has 0 unspecified atom stereocenters. The lowest BCUT2D eigenvalue weighted by atomic mass is 9.56. The first-order valence-electron chi connectivity index (χ1n) is 6.05. The minimum absolute atomic E-state index is 0.254. The summed E-state index contributed by atoms with van der Waals surface area (Å²) in [6, 6.07) is 0. The molecule has 2 fully saturated rings. The van der Waals surface area contributed by atoms with Gasteiger partial charge in [0.15, 0.2) is 0 Å². The van der Waals surface area contributed by atoms with Crippen molar-refractivity contribution in [3.8, 4) is 0 Å². The van der Waals surface area contributed by atoms with Gasteiger partial charge in [0.2, 0.25) is 0 Å². The summed E-state index contributed by atoms with van der Waals surface area (Å²) in [5.41, 5.74) is 0.254. The summed E-state index contributed by atoms with van der Waals surface area (Å²) in [6.45, 7) is 3.45. The van der Waals surface area contributed by atoms with Gasteiger partial charge in [-0.15, -0.1) is 0 Å². The predicted molar refractivity (Wildman–Crippen MR) is 56.8 cm³/mol. The predicted octanol–water partition coefficient (Wildman–Crippen LogP) is 3.36. The summed E-state index contributed by atoms with van der Waals surface area (Å²) in [7, 11) is 0. The van der Waals surface area contributed by atoms with E-state index in [1.807, 2.05) is 0 Å². The second kappa shape index (κ2) is 4.00. The SMILES string of the molecule is CC(C)C1CC2(CCCN(C(F)F)C2)C1. The summed E-state index contributed by atoms with van der Waals surface area (Å²) in [6.07, 6.45) is 4.47. The van der Waals surface area contributed by atoms with E-state index in [0.717, 1.165) is 18.3 Å². The molecule has 1 spiro atoms. The normalized spacial score (nSPS) is 37.6. The molecular formula is C12H21F2N. The van der Waals surface area contributed by atoms with Crippen LogP contribution in [0.15, 0.2) is 0 Å². The number of piperidine rings is 1. The number of nitrogens with zero attached hydrogens (tertiary/aromatic N) is 1. The third kappa shape index (κ3) is 2.17. The number of halogens is 2. The smallest absolute Gasteiger partial charge is 0.247 e. The van der Waals surface area contributed by atoms with Crippen molar-refractivity contribution in [3.05, 3.63) is 0 Å². The van der Waals surface area contributed by atoms with Crippen LogP contribution in [0.25, 0.3) is 0 Å². The molecule has 0 aromatic carbocycles. The molecule has 1 saturated carbocycles. The van der Waals surface area contributed by atoms with Crippen LogP contribution in [-0.2, 0) is 0 Å². The lowest BCUT2D eigenvalue weighted by molar-refractivity contribution is -0.111. The van der Waals surface area contributed by atoms with E-state index in [0.29, 0.717) is 13.1 Å². The number of likely N-dealkylation sites (tertiary alicyclic amines) is 1. The minimum atomic E-state index is -2.25. The monoisotopic (exact) mass is 217 g/mol. The largest absolute Gasteiger partial charge is 0.294 e. The number of hydrogen-bond acceptors (Lipinski definition) is 1. The molecule has 1 saturated heterocycles. The van der Waals surface area contributed by atoms with Gasteiger partial charge in [-0.3, -0.25) is 0 Å². The molecule has 88 valence electrons. The summed E-state index contributed by atoms with van der Waals surface area (Å²) in [5.74, 6) is 1.50. The minimum Gasteiger partial charge on any atom is -0.247 e. The zero-order chi connectivity index (χ0) is 11.1. The van der Waals surface area contributed by atoms with Crippen LogP contribution < -0.4 is 0 Å². The maximum atomic E-state index is 12.6. The molecule has 15 heavy (non-hydrogen) atoms. The highest BCUT2D eigenvalue weighted by Gasteiger charge is 2.48. The van der Waals surface area contributed by atoms with E-state index in [4.69, 9.17) is 0 Å². The maximum absolute atomic E-state index is 12.6. The molecule has 0 atom stereocenters. The topological polar surface area (TPSA) is 3.24 Å². The van der Waals surface area contributed by atoms with Crippen molar-refractivity contribution in [3.63, 3.8) is 0 Å². The molecule has 0 N–H and O–H groups in total. The summed E-state index contributed by atoms with van der Waals surface area (Å²) >= 11 is 0. The molecule has 1 aliphatic carbocycles. The fraction of sp³-hybridized carbons (Fsp3) is 1.00. The first kappa shape index (κ1) is 11.3. The van der Waals surface area contributed by atoms with Gasteiger partial charge in [0.1, 0.15) is 0 Å². The Morgan fingerprint density at radius 3 is 2.47 bits per heavy atom. The van der Waals surface area contributed by atoms with E-state index in [-0.39, 0.29) is 5.41 Å². The summed E-state index contributed by atoms with van der Waals surface area (Å²) in [5, 5.41) is 0. The van der Waals surface area contributed by atoms with E-state index in [1.165, 1.54) is 24.2 Å². The number of hydrogen-bond donors (Lipinski definition) is 0. The van der Waals surface area contributed by atoms with Crippen molar-refractivity contribution < 1.29 is 8.78 Å². The average Bonchev–Trinajstić information content (AvgIpc) is 2.13. The highest BCUT2D eigenvalue weighted by atomic mass is 19.3. The third-order valence-corrected chi connectivity index (χ3v) is 4.30. The van der Waals surface area contributed by atoms with Gasteiger partial charge in [-0.25, -0.2) is 4.90 Å². The zero-order valence-electron chi connectivity index (χ0n) is 9.68. The summed E-state index contributed by atoms with van der Waals surface area (Å²) < 4.78 is 25.2. The summed E-state index contributed by atoms with van der Waals surface area (Å²) in [4.78, 5) is 1.36. The standard InChI is InChI=1S/C12H21F2N/c1-9(2)10-6-12(7-10)4-3-5-15(8-12)11(13)14/h9-11H,3-8H2,1-2H3. The molecule has 2 rings (SSSR count). The molecule has 0 radical (unpaired) electrons. The highest BCUT2D eigenvalue weighted by Crippen LogP contribution is 2.53. The van der Waals surface area contributed by atoms with Crippen LogP contribution in [0.4, 0.5) is 8.78 Å².